The minimum Gasteiger partial charge on any atom is -0.489 e. The maximum Gasteiger partial charge on any atom is 0.412 e. The number of anilines is 1. The molecule has 1 amide bonds. The van der Waals surface area contributed by atoms with Crippen molar-refractivity contribution in [2.24, 2.45) is 0 Å². The molecule has 0 spiro atoms. The lowest BCUT2D eigenvalue weighted by molar-refractivity contribution is 0.0636. The molecular weight excluding hydrogens is 314 g/mol. The fourth-order valence-corrected chi connectivity index (χ4v) is 1.93. The SMILES string of the molecule is CC(C)(C)OC(=O)Nc1ccc(OCc2ccc(Cl)cc2)cc1. The first-order chi connectivity index (χ1) is 10.8. The summed E-state index contributed by atoms with van der Waals surface area (Å²) in [5.74, 6) is 0.717. The molecule has 122 valence electrons. The van der Waals surface area contributed by atoms with E-state index in [-0.39, 0.29) is 0 Å². The van der Waals surface area contributed by atoms with Crippen molar-refractivity contribution >= 4 is 23.4 Å². The van der Waals surface area contributed by atoms with Crippen LogP contribution in [0.1, 0.15) is 26.3 Å². The van der Waals surface area contributed by atoms with Gasteiger partial charge in [-0.3, -0.25) is 5.32 Å². The maximum absolute atomic E-state index is 11.7. The third kappa shape index (κ3) is 6.20. The molecule has 0 unspecified atom stereocenters. The van der Waals surface area contributed by atoms with Gasteiger partial charge in [-0.25, -0.2) is 4.79 Å². The van der Waals surface area contributed by atoms with Gasteiger partial charge in [-0.2, -0.15) is 0 Å². The van der Waals surface area contributed by atoms with E-state index in [4.69, 9.17) is 21.1 Å². The molecule has 0 saturated carbocycles. The van der Waals surface area contributed by atoms with Crippen molar-refractivity contribution < 1.29 is 14.3 Å². The van der Waals surface area contributed by atoms with Crippen LogP contribution in [0, 0.1) is 0 Å². The Kier molecular flexibility index (Phi) is 5.50. The largest absolute Gasteiger partial charge is 0.489 e. The smallest absolute Gasteiger partial charge is 0.412 e. The second-order valence-electron chi connectivity index (χ2n) is 6.07. The monoisotopic (exact) mass is 333 g/mol. The Morgan fingerprint density at radius 3 is 2.22 bits per heavy atom. The van der Waals surface area contributed by atoms with Gasteiger partial charge in [0, 0.05) is 10.7 Å². The first-order valence-corrected chi connectivity index (χ1v) is 7.67. The van der Waals surface area contributed by atoms with Crippen LogP contribution in [0.4, 0.5) is 10.5 Å². The van der Waals surface area contributed by atoms with Crippen LogP contribution >= 0.6 is 11.6 Å². The highest BCUT2D eigenvalue weighted by molar-refractivity contribution is 6.30. The zero-order chi connectivity index (χ0) is 16.9. The quantitative estimate of drug-likeness (QED) is 0.829. The molecule has 0 heterocycles. The van der Waals surface area contributed by atoms with E-state index in [0.717, 1.165) is 11.3 Å². The summed E-state index contributed by atoms with van der Waals surface area (Å²) in [6, 6.07) is 14.6. The molecule has 5 heteroatoms. The minimum atomic E-state index is -0.522. The van der Waals surface area contributed by atoms with E-state index in [1.54, 1.807) is 24.3 Å². The molecule has 2 aromatic carbocycles. The summed E-state index contributed by atoms with van der Waals surface area (Å²) in [5, 5.41) is 3.37. The number of carbonyl (C=O) groups excluding carboxylic acids is 1. The molecule has 2 rings (SSSR count). The Labute approximate surface area is 141 Å². The van der Waals surface area contributed by atoms with E-state index in [1.165, 1.54) is 0 Å². The standard InChI is InChI=1S/C18H20ClNO3/c1-18(2,3)23-17(21)20-15-8-10-16(11-9-15)22-12-13-4-6-14(19)7-5-13/h4-11H,12H2,1-3H3,(H,20,21). The molecule has 0 saturated heterocycles. The highest BCUT2D eigenvalue weighted by Crippen LogP contribution is 2.18. The predicted molar refractivity (Wildman–Crippen MR) is 92.1 cm³/mol. The van der Waals surface area contributed by atoms with Gasteiger partial charge in [0.05, 0.1) is 0 Å². The van der Waals surface area contributed by atoms with Crippen molar-refractivity contribution in [1.29, 1.82) is 0 Å². The summed E-state index contributed by atoms with van der Waals surface area (Å²) in [6.07, 6.45) is -0.479. The van der Waals surface area contributed by atoms with Gasteiger partial charge in [-0.1, -0.05) is 23.7 Å². The molecule has 0 bridgehead atoms. The normalized spacial score (nSPS) is 11.0. The summed E-state index contributed by atoms with van der Waals surface area (Å²) in [7, 11) is 0. The van der Waals surface area contributed by atoms with Crippen LogP contribution in [0.2, 0.25) is 5.02 Å². The Hall–Kier alpha value is -2.20. The van der Waals surface area contributed by atoms with Crippen LogP contribution in [0.15, 0.2) is 48.5 Å². The highest BCUT2D eigenvalue weighted by atomic mass is 35.5. The first kappa shape index (κ1) is 17.2. The number of carbonyl (C=O) groups is 1. The predicted octanol–water partition coefficient (Wildman–Crippen LogP) is 5.27. The summed E-state index contributed by atoms with van der Waals surface area (Å²) >= 11 is 5.84. The molecule has 0 aliphatic carbocycles. The van der Waals surface area contributed by atoms with Gasteiger partial charge in [-0.15, -0.1) is 0 Å². The summed E-state index contributed by atoms with van der Waals surface area (Å²) in [6.45, 7) is 5.91. The van der Waals surface area contributed by atoms with E-state index < -0.39 is 11.7 Å². The van der Waals surface area contributed by atoms with Crippen LogP contribution < -0.4 is 10.1 Å². The molecule has 4 nitrogen and oxygen atoms in total. The molecule has 0 aromatic heterocycles. The van der Waals surface area contributed by atoms with Gasteiger partial charge in [-0.05, 0) is 62.7 Å². The number of ether oxygens (including phenoxy) is 2. The number of rotatable bonds is 4. The molecule has 23 heavy (non-hydrogen) atoms. The first-order valence-electron chi connectivity index (χ1n) is 7.29. The number of amides is 1. The van der Waals surface area contributed by atoms with Crippen molar-refractivity contribution in [2.75, 3.05) is 5.32 Å². The van der Waals surface area contributed by atoms with Gasteiger partial charge in [0.15, 0.2) is 0 Å². The minimum absolute atomic E-state index is 0.454. The fourth-order valence-electron chi connectivity index (χ4n) is 1.80. The third-order valence-electron chi connectivity index (χ3n) is 2.82. The van der Waals surface area contributed by atoms with Gasteiger partial charge < -0.3 is 9.47 Å². The lowest BCUT2D eigenvalue weighted by atomic mass is 10.2. The van der Waals surface area contributed by atoms with Crippen molar-refractivity contribution in [3.8, 4) is 5.75 Å². The zero-order valence-electron chi connectivity index (χ0n) is 13.4. The Bertz CT molecular complexity index is 645. The average Bonchev–Trinajstić information content (AvgIpc) is 2.46. The average molecular weight is 334 g/mol. The topological polar surface area (TPSA) is 47.6 Å². The lowest BCUT2D eigenvalue weighted by Crippen LogP contribution is -2.27. The Morgan fingerprint density at radius 1 is 1.04 bits per heavy atom. The molecular formula is C18H20ClNO3. The van der Waals surface area contributed by atoms with Gasteiger partial charge in [0.25, 0.3) is 0 Å². The Balaban J connectivity index is 1.87. The summed E-state index contributed by atoms with van der Waals surface area (Å²) in [5.41, 5.74) is 1.16. The molecule has 0 aliphatic rings. The van der Waals surface area contributed by atoms with E-state index in [0.29, 0.717) is 17.3 Å². The van der Waals surface area contributed by atoms with Gasteiger partial charge >= 0.3 is 6.09 Å². The van der Waals surface area contributed by atoms with Crippen LogP contribution in [-0.4, -0.2) is 11.7 Å². The van der Waals surface area contributed by atoms with Crippen LogP contribution in [-0.2, 0) is 11.3 Å². The van der Waals surface area contributed by atoms with Gasteiger partial charge in [0.1, 0.15) is 18.0 Å². The van der Waals surface area contributed by atoms with Crippen molar-refractivity contribution in [2.45, 2.75) is 33.0 Å². The fraction of sp³-hybridized carbons (Fsp3) is 0.278. The lowest BCUT2D eigenvalue weighted by Gasteiger charge is -2.19. The molecule has 2 aromatic rings. The summed E-state index contributed by atoms with van der Waals surface area (Å²) < 4.78 is 10.9. The number of hydrogen-bond donors (Lipinski definition) is 1. The second kappa shape index (κ2) is 7.38. The van der Waals surface area contributed by atoms with Crippen molar-refractivity contribution in [1.82, 2.24) is 0 Å². The number of hydrogen-bond acceptors (Lipinski definition) is 3. The molecule has 0 fully saturated rings. The molecule has 0 atom stereocenters. The maximum atomic E-state index is 11.7. The van der Waals surface area contributed by atoms with Gasteiger partial charge in [0.2, 0.25) is 0 Å². The zero-order valence-corrected chi connectivity index (χ0v) is 14.2. The molecule has 0 radical (unpaired) electrons. The van der Waals surface area contributed by atoms with Crippen LogP contribution in [0.3, 0.4) is 0 Å². The molecule has 0 aliphatic heterocycles. The van der Waals surface area contributed by atoms with E-state index in [2.05, 4.69) is 5.32 Å². The van der Waals surface area contributed by atoms with Crippen molar-refractivity contribution in [3.05, 3.63) is 59.1 Å². The number of nitrogens with one attached hydrogen (secondary N) is 1. The highest BCUT2D eigenvalue weighted by Gasteiger charge is 2.16. The Morgan fingerprint density at radius 2 is 1.65 bits per heavy atom. The van der Waals surface area contributed by atoms with Crippen LogP contribution in [0.5, 0.6) is 5.75 Å². The second-order valence-corrected chi connectivity index (χ2v) is 6.50. The van der Waals surface area contributed by atoms with E-state index >= 15 is 0 Å². The van der Waals surface area contributed by atoms with Crippen molar-refractivity contribution in [3.63, 3.8) is 0 Å². The van der Waals surface area contributed by atoms with E-state index in [9.17, 15) is 4.79 Å². The van der Waals surface area contributed by atoms with Crippen LogP contribution in [0.25, 0.3) is 0 Å². The molecule has 1 N–H and O–H groups in total. The summed E-state index contributed by atoms with van der Waals surface area (Å²) in [4.78, 5) is 11.7. The number of benzene rings is 2. The number of halogens is 1. The van der Waals surface area contributed by atoms with E-state index in [1.807, 2.05) is 45.0 Å². The third-order valence-corrected chi connectivity index (χ3v) is 3.07.